The third-order valence-electron chi connectivity index (χ3n) is 6.02. The number of aryl methyl sites for hydroxylation is 2. The number of rotatable bonds is 7. The molecule has 3 rings (SSSR count). The molecule has 2 aromatic carbocycles. The minimum Gasteiger partial charge on any atom is -0.351 e. The summed E-state index contributed by atoms with van der Waals surface area (Å²) in [5, 5.41) is 8.85. The van der Waals surface area contributed by atoms with Gasteiger partial charge in [0, 0.05) is 38.2 Å². The van der Waals surface area contributed by atoms with Gasteiger partial charge in [-0.15, -0.1) is 0 Å². The van der Waals surface area contributed by atoms with E-state index in [1.165, 1.54) is 6.92 Å². The highest BCUT2D eigenvalue weighted by Crippen LogP contribution is 2.18. The van der Waals surface area contributed by atoms with Gasteiger partial charge in [0.2, 0.25) is 11.8 Å². The number of likely N-dealkylation sites (tertiary alicyclic amines) is 1. The summed E-state index contributed by atoms with van der Waals surface area (Å²) in [4.78, 5) is 39.1. The molecule has 3 N–H and O–H groups in total. The Balaban J connectivity index is 1.52. The number of urea groups is 1. The number of para-hydroxylation sites is 1. The van der Waals surface area contributed by atoms with E-state index in [-0.39, 0.29) is 23.9 Å². The van der Waals surface area contributed by atoms with Crippen molar-refractivity contribution in [1.82, 2.24) is 15.5 Å². The lowest BCUT2D eigenvalue weighted by atomic mass is 10.0. The predicted octanol–water partition coefficient (Wildman–Crippen LogP) is 3.42. The van der Waals surface area contributed by atoms with Crippen molar-refractivity contribution in [1.29, 1.82) is 0 Å². The normalized spacial score (nSPS) is 14.9. The molecule has 33 heavy (non-hydrogen) atoms. The number of piperidine rings is 1. The summed E-state index contributed by atoms with van der Waals surface area (Å²) in [6, 6.07) is 15.0. The van der Waals surface area contributed by atoms with Gasteiger partial charge in [-0.25, -0.2) is 4.79 Å². The molecule has 0 aliphatic carbocycles. The molecule has 4 amide bonds. The van der Waals surface area contributed by atoms with E-state index in [2.05, 4.69) is 22.9 Å². The minimum atomic E-state index is -0.628. The molecule has 7 nitrogen and oxygen atoms in total. The van der Waals surface area contributed by atoms with Gasteiger partial charge in [0.15, 0.2) is 0 Å². The van der Waals surface area contributed by atoms with E-state index in [0.29, 0.717) is 32.4 Å². The summed E-state index contributed by atoms with van der Waals surface area (Å²) in [6.07, 6.45) is 2.63. The van der Waals surface area contributed by atoms with Gasteiger partial charge >= 0.3 is 6.03 Å². The molecule has 176 valence electrons. The molecule has 0 aromatic heterocycles. The Hall–Kier alpha value is -3.35. The lowest BCUT2D eigenvalue weighted by Crippen LogP contribution is -2.53. The molecule has 1 atom stereocenters. The number of hydrogen-bond donors (Lipinski definition) is 3. The summed E-state index contributed by atoms with van der Waals surface area (Å²) in [6.45, 7) is 6.62. The van der Waals surface area contributed by atoms with Crippen molar-refractivity contribution in [2.24, 2.45) is 0 Å². The van der Waals surface area contributed by atoms with Crippen LogP contribution >= 0.6 is 0 Å². The Bertz CT molecular complexity index is 966. The monoisotopic (exact) mass is 450 g/mol. The molecule has 0 saturated carbocycles. The summed E-state index contributed by atoms with van der Waals surface area (Å²) < 4.78 is 0. The van der Waals surface area contributed by atoms with Crippen LogP contribution in [0.5, 0.6) is 0 Å². The highest BCUT2D eigenvalue weighted by molar-refractivity contribution is 5.90. The molecule has 0 bridgehead atoms. The van der Waals surface area contributed by atoms with Crippen molar-refractivity contribution in [3.63, 3.8) is 0 Å². The van der Waals surface area contributed by atoms with Gasteiger partial charge in [-0.05, 0) is 43.4 Å². The van der Waals surface area contributed by atoms with Gasteiger partial charge in [-0.3, -0.25) is 9.59 Å². The van der Waals surface area contributed by atoms with Crippen LogP contribution in [0.3, 0.4) is 0 Å². The first-order valence-electron chi connectivity index (χ1n) is 11.6. The molecule has 1 saturated heterocycles. The van der Waals surface area contributed by atoms with Crippen LogP contribution in [0, 0.1) is 6.92 Å². The zero-order chi connectivity index (χ0) is 23.8. The highest BCUT2D eigenvalue weighted by Gasteiger charge is 2.27. The number of benzene rings is 2. The maximum Gasteiger partial charge on any atom is 0.321 e. The van der Waals surface area contributed by atoms with E-state index < -0.39 is 6.04 Å². The van der Waals surface area contributed by atoms with Crippen molar-refractivity contribution in [3.05, 3.63) is 65.2 Å². The van der Waals surface area contributed by atoms with Gasteiger partial charge in [0.25, 0.3) is 0 Å². The molecule has 0 unspecified atom stereocenters. The molecule has 0 spiro atoms. The zero-order valence-electron chi connectivity index (χ0n) is 19.7. The molecule has 1 heterocycles. The second-order valence-electron chi connectivity index (χ2n) is 8.65. The second-order valence-corrected chi connectivity index (χ2v) is 8.65. The predicted molar refractivity (Wildman–Crippen MR) is 130 cm³/mol. The molecule has 2 aromatic rings. The number of nitrogens with one attached hydrogen (secondary N) is 3. The summed E-state index contributed by atoms with van der Waals surface area (Å²) in [5.41, 5.74) is 4.09. The maximum atomic E-state index is 12.9. The zero-order valence-corrected chi connectivity index (χ0v) is 19.7. The number of nitrogens with zero attached hydrogens (tertiary/aromatic N) is 1. The third kappa shape index (κ3) is 7.07. The van der Waals surface area contributed by atoms with Crippen molar-refractivity contribution >= 4 is 23.5 Å². The minimum absolute atomic E-state index is 0.0289. The number of anilines is 1. The molecule has 1 aliphatic heterocycles. The Morgan fingerprint density at radius 2 is 1.70 bits per heavy atom. The first-order valence-corrected chi connectivity index (χ1v) is 11.6. The number of carbonyl (C=O) groups excluding carboxylic acids is 3. The molecular formula is C26H34N4O3. The molecule has 7 heteroatoms. The van der Waals surface area contributed by atoms with Crippen LogP contribution in [0.2, 0.25) is 0 Å². The number of carbonyl (C=O) groups is 3. The summed E-state index contributed by atoms with van der Waals surface area (Å²) in [7, 11) is 0. The molecule has 1 aliphatic rings. The SMILES string of the molecule is CCc1ccccc1NC(=O)N1CCC(NC(=O)[C@@H](Cc2ccc(C)cc2)NC(C)=O)CC1. The van der Waals surface area contributed by atoms with Crippen molar-refractivity contribution in [3.8, 4) is 0 Å². The fourth-order valence-electron chi connectivity index (χ4n) is 4.09. The largest absolute Gasteiger partial charge is 0.351 e. The smallest absolute Gasteiger partial charge is 0.321 e. The van der Waals surface area contributed by atoms with Gasteiger partial charge < -0.3 is 20.9 Å². The Labute approximate surface area is 195 Å². The first kappa shape index (κ1) is 24.3. The van der Waals surface area contributed by atoms with Crippen LogP contribution in [-0.2, 0) is 22.4 Å². The first-order chi connectivity index (χ1) is 15.9. The van der Waals surface area contributed by atoms with Crippen LogP contribution in [0.4, 0.5) is 10.5 Å². The average molecular weight is 451 g/mol. The van der Waals surface area contributed by atoms with E-state index >= 15 is 0 Å². The van der Waals surface area contributed by atoms with Crippen molar-refractivity contribution in [2.75, 3.05) is 18.4 Å². The lowest BCUT2D eigenvalue weighted by Gasteiger charge is -2.33. The Morgan fingerprint density at radius 1 is 1.03 bits per heavy atom. The number of amides is 4. The standard InChI is InChI=1S/C26H34N4O3/c1-4-21-7-5-6-8-23(21)29-26(33)30-15-13-22(14-16-30)28-25(32)24(27-19(3)31)17-20-11-9-18(2)10-12-20/h5-12,22,24H,4,13-17H2,1-3H3,(H,27,31)(H,28,32)(H,29,33)/t24-/m1/s1. The van der Waals surface area contributed by atoms with Crippen LogP contribution in [0.1, 0.15) is 43.4 Å². The quantitative estimate of drug-likeness (QED) is 0.604. The van der Waals surface area contributed by atoms with Crippen molar-refractivity contribution in [2.45, 2.75) is 58.5 Å². The highest BCUT2D eigenvalue weighted by atomic mass is 16.2. The van der Waals surface area contributed by atoms with Gasteiger partial charge in [-0.2, -0.15) is 0 Å². The van der Waals surface area contributed by atoms with Gasteiger partial charge in [0.1, 0.15) is 6.04 Å². The molecular weight excluding hydrogens is 416 g/mol. The average Bonchev–Trinajstić information content (AvgIpc) is 2.80. The lowest BCUT2D eigenvalue weighted by molar-refractivity contribution is -0.128. The van der Waals surface area contributed by atoms with Crippen molar-refractivity contribution < 1.29 is 14.4 Å². The van der Waals surface area contributed by atoms with E-state index in [4.69, 9.17) is 0 Å². The van der Waals surface area contributed by atoms with E-state index in [1.54, 1.807) is 4.90 Å². The molecule has 1 fully saturated rings. The van der Waals surface area contributed by atoms with E-state index in [1.807, 2.05) is 55.5 Å². The number of hydrogen-bond acceptors (Lipinski definition) is 3. The van der Waals surface area contributed by atoms with Crippen LogP contribution < -0.4 is 16.0 Å². The summed E-state index contributed by atoms with van der Waals surface area (Å²) >= 11 is 0. The van der Waals surface area contributed by atoms with Gasteiger partial charge in [0.05, 0.1) is 0 Å². The molecule has 0 radical (unpaired) electrons. The van der Waals surface area contributed by atoms with Crippen LogP contribution in [-0.4, -0.2) is 47.9 Å². The van der Waals surface area contributed by atoms with Crippen LogP contribution in [0.15, 0.2) is 48.5 Å². The van der Waals surface area contributed by atoms with Crippen LogP contribution in [0.25, 0.3) is 0 Å². The van der Waals surface area contributed by atoms with Gasteiger partial charge in [-0.1, -0.05) is 55.0 Å². The second kappa shape index (κ2) is 11.5. The third-order valence-corrected chi connectivity index (χ3v) is 6.02. The topological polar surface area (TPSA) is 90.5 Å². The Morgan fingerprint density at radius 3 is 2.33 bits per heavy atom. The van der Waals surface area contributed by atoms with E-state index in [9.17, 15) is 14.4 Å². The van der Waals surface area contributed by atoms with E-state index in [0.717, 1.165) is 28.8 Å². The fourth-order valence-corrected chi connectivity index (χ4v) is 4.09. The summed E-state index contributed by atoms with van der Waals surface area (Å²) in [5.74, 6) is -0.424. The maximum absolute atomic E-state index is 12.9. The fraction of sp³-hybridized carbons (Fsp3) is 0.423. The Kier molecular flexibility index (Phi) is 8.46.